The van der Waals surface area contributed by atoms with Crippen molar-refractivity contribution in [3.05, 3.63) is 45.7 Å². The summed E-state index contributed by atoms with van der Waals surface area (Å²) in [6.07, 6.45) is 2.20. The second kappa shape index (κ2) is 4.99. The zero-order chi connectivity index (χ0) is 11.5. The van der Waals surface area contributed by atoms with Crippen LogP contribution in [0.4, 0.5) is 0 Å². The van der Waals surface area contributed by atoms with Crippen molar-refractivity contribution in [1.82, 2.24) is 9.78 Å². The summed E-state index contributed by atoms with van der Waals surface area (Å²) in [6, 6.07) is 7.71. The van der Waals surface area contributed by atoms with Crippen LogP contribution in [0.15, 0.2) is 34.9 Å². The van der Waals surface area contributed by atoms with Gasteiger partial charge in [-0.15, -0.1) is 0 Å². The first-order valence-corrected chi connectivity index (χ1v) is 5.98. The predicted octanol–water partition coefficient (Wildman–Crippen LogP) is 2.82. The monoisotopic (exact) mass is 300 g/mol. The smallest absolute Gasteiger partial charge is 0.136 e. The number of aromatic nitrogens is 2. The summed E-state index contributed by atoms with van der Waals surface area (Å²) < 4.78 is 2.62. The van der Waals surface area contributed by atoms with Gasteiger partial charge < -0.3 is 5.11 Å². The van der Waals surface area contributed by atoms with E-state index in [0.717, 1.165) is 15.7 Å². The van der Waals surface area contributed by atoms with E-state index < -0.39 is 0 Å². The van der Waals surface area contributed by atoms with Crippen molar-refractivity contribution in [1.29, 1.82) is 0 Å². The number of nitrogens with zero attached hydrogens (tertiary/aromatic N) is 2. The molecule has 0 aliphatic heterocycles. The number of halogens is 2. The Morgan fingerprint density at radius 3 is 2.94 bits per heavy atom. The molecule has 5 heteroatoms. The number of aliphatic hydroxyl groups excluding tert-OH is 1. The van der Waals surface area contributed by atoms with Crippen LogP contribution < -0.4 is 0 Å². The molecule has 2 rings (SSSR count). The molecule has 84 valence electrons. The first-order valence-electron chi connectivity index (χ1n) is 4.81. The van der Waals surface area contributed by atoms with E-state index in [1.807, 2.05) is 24.3 Å². The van der Waals surface area contributed by atoms with Gasteiger partial charge in [0.05, 0.1) is 11.9 Å². The maximum Gasteiger partial charge on any atom is 0.136 e. The van der Waals surface area contributed by atoms with Gasteiger partial charge in [0, 0.05) is 23.1 Å². The fourth-order valence-corrected chi connectivity index (χ4v) is 2.12. The first kappa shape index (κ1) is 11.6. The van der Waals surface area contributed by atoms with Gasteiger partial charge in [0.25, 0.3) is 0 Å². The maximum atomic E-state index is 8.86. The SMILES string of the molecule is OCCc1cnn(-c2cccc(Br)c2)c1Cl. The number of rotatable bonds is 3. The third-order valence-electron chi connectivity index (χ3n) is 2.21. The molecule has 3 nitrogen and oxygen atoms in total. The Balaban J connectivity index is 2.41. The normalized spacial score (nSPS) is 10.7. The van der Waals surface area contributed by atoms with Crippen molar-refractivity contribution < 1.29 is 5.11 Å². The third kappa shape index (κ3) is 2.29. The van der Waals surface area contributed by atoms with Crippen LogP contribution in [0, 0.1) is 0 Å². The molecule has 0 spiro atoms. The van der Waals surface area contributed by atoms with Crippen molar-refractivity contribution in [3.8, 4) is 5.69 Å². The highest BCUT2D eigenvalue weighted by molar-refractivity contribution is 9.10. The van der Waals surface area contributed by atoms with E-state index in [-0.39, 0.29) is 6.61 Å². The van der Waals surface area contributed by atoms with Gasteiger partial charge in [-0.1, -0.05) is 33.6 Å². The molecule has 0 saturated heterocycles. The summed E-state index contributed by atoms with van der Waals surface area (Å²) in [5.74, 6) is 0. The van der Waals surface area contributed by atoms with Crippen LogP contribution >= 0.6 is 27.5 Å². The van der Waals surface area contributed by atoms with Crippen molar-refractivity contribution in [2.75, 3.05) is 6.61 Å². The predicted molar refractivity (Wildman–Crippen MR) is 67.1 cm³/mol. The maximum absolute atomic E-state index is 8.86. The third-order valence-corrected chi connectivity index (χ3v) is 3.11. The molecule has 0 amide bonds. The summed E-state index contributed by atoms with van der Waals surface area (Å²) in [6.45, 7) is 0.0733. The molecule has 0 fully saturated rings. The molecule has 0 radical (unpaired) electrons. The van der Waals surface area contributed by atoms with E-state index in [2.05, 4.69) is 21.0 Å². The first-order chi connectivity index (χ1) is 7.72. The topological polar surface area (TPSA) is 38.1 Å². The van der Waals surface area contributed by atoms with Crippen LogP contribution in [0.2, 0.25) is 5.15 Å². The Morgan fingerprint density at radius 1 is 1.44 bits per heavy atom. The van der Waals surface area contributed by atoms with Gasteiger partial charge in [0.2, 0.25) is 0 Å². The van der Waals surface area contributed by atoms with E-state index in [1.165, 1.54) is 0 Å². The summed E-state index contributed by atoms with van der Waals surface area (Å²) in [5, 5.41) is 13.6. The molecule has 2 aromatic rings. The summed E-state index contributed by atoms with van der Waals surface area (Å²) >= 11 is 9.56. The summed E-state index contributed by atoms with van der Waals surface area (Å²) in [4.78, 5) is 0. The van der Waals surface area contributed by atoms with Crippen molar-refractivity contribution >= 4 is 27.5 Å². The Hall–Kier alpha value is -0.840. The molecule has 16 heavy (non-hydrogen) atoms. The van der Waals surface area contributed by atoms with E-state index in [9.17, 15) is 0 Å². The Morgan fingerprint density at radius 2 is 2.25 bits per heavy atom. The highest BCUT2D eigenvalue weighted by atomic mass is 79.9. The lowest BCUT2D eigenvalue weighted by Crippen LogP contribution is -1.97. The van der Waals surface area contributed by atoms with E-state index in [0.29, 0.717) is 11.6 Å². The van der Waals surface area contributed by atoms with Gasteiger partial charge in [0.1, 0.15) is 5.15 Å². The minimum Gasteiger partial charge on any atom is -0.396 e. The Kier molecular flexibility index (Phi) is 3.63. The zero-order valence-electron chi connectivity index (χ0n) is 8.40. The van der Waals surface area contributed by atoms with Gasteiger partial charge in [-0.3, -0.25) is 0 Å². The number of hydrogen-bond acceptors (Lipinski definition) is 2. The number of aliphatic hydroxyl groups is 1. The average Bonchev–Trinajstić information content (AvgIpc) is 2.61. The summed E-state index contributed by atoms with van der Waals surface area (Å²) in [7, 11) is 0. The second-order valence-corrected chi connectivity index (χ2v) is 4.60. The number of benzene rings is 1. The molecular formula is C11H10BrClN2O. The van der Waals surface area contributed by atoms with Crippen molar-refractivity contribution in [2.24, 2.45) is 0 Å². The lowest BCUT2D eigenvalue weighted by atomic mass is 10.3. The average molecular weight is 302 g/mol. The molecule has 1 heterocycles. The van der Waals surface area contributed by atoms with Crippen LogP contribution in [0.5, 0.6) is 0 Å². The fourth-order valence-electron chi connectivity index (χ4n) is 1.44. The van der Waals surface area contributed by atoms with Crippen LogP contribution in [-0.2, 0) is 6.42 Å². The van der Waals surface area contributed by atoms with Crippen LogP contribution in [0.1, 0.15) is 5.56 Å². The van der Waals surface area contributed by atoms with Crippen molar-refractivity contribution in [2.45, 2.75) is 6.42 Å². The van der Waals surface area contributed by atoms with Gasteiger partial charge in [-0.25, -0.2) is 4.68 Å². The highest BCUT2D eigenvalue weighted by Crippen LogP contribution is 2.22. The molecule has 0 aliphatic rings. The molecule has 1 aromatic heterocycles. The van der Waals surface area contributed by atoms with E-state index in [4.69, 9.17) is 16.7 Å². The number of hydrogen-bond donors (Lipinski definition) is 1. The van der Waals surface area contributed by atoms with Crippen molar-refractivity contribution in [3.63, 3.8) is 0 Å². The molecule has 0 aliphatic carbocycles. The van der Waals surface area contributed by atoms with Crippen LogP contribution in [0.25, 0.3) is 5.69 Å². The molecular weight excluding hydrogens is 291 g/mol. The minimum atomic E-state index is 0.0733. The second-order valence-electron chi connectivity index (χ2n) is 3.33. The van der Waals surface area contributed by atoms with Crippen LogP contribution in [-0.4, -0.2) is 21.5 Å². The quantitative estimate of drug-likeness (QED) is 0.946. The standard InChI is InChI=1S/C11H10BrClN2O/c12-9-2-1-3-10(6-9)15-11(13)8(4-5-16)7-14-15/h1-3,6-7,16H,4-5H2. The molecule has 1 N–H and O–H groups in total. The molecule has 0 unspecified atom stereocenters. The van der Waals surface area contributed by atoms with Crippen LogP contribution in [0.3, 0.4) is 0 Å². The molecule has 0 atom stereocenters. The van der Waals surface area contributed by atoms with Gasteiger partial charge >= 0.3 is 0 Å². The van der Waals surface area contributed by atoms with Gasteiger partial charge in [0.15, 0.2) is 0 Å². The molecule has 0 bridgehead atoms. The Bertz CT molecular complexity index is 498. The largest absolute Gasteiger partial charge is 0.396 e. The van der Waals surface area contributed by atoms with Gasteiger partial charge in [-0.2, -0.15) is 5.10 Å². The zero-order valence-corrected chi connectivity index (χ0v) is 10.7. The van der Waals surface area contributed by atoms with Gasteiger partial charge in [-0.05, 0) is 18.2 Å². The lowest BCUT2D eigenvalue weighted by Gasteiger charge is -2.03. The minimum absolute atomic E-state index is 0.0733. The molecule has 0 saturated carbocycles. The van der Waals surface area contributed by atoms with E-state index >= 15 is 0 Å². The molecule has 1 aromatic carbocycles. The summed E-state index contributed by atoms with van der Waals surface area (Å²) in [5.41, 5.74) is 1.74. The highest BCUT2D eigenvalue weighted by Gasteiger charge is 2.09. The fraction of sp³-hybridized carbons (Fsp3) is 0.182. The lowest BCUT2D eigenvalue weighted by molar-refractivity contribution is 0.299. The van der Waals surface area contributed by atoms with E-state index in [1.54, 1.807) is 10.9 Å². The Labute approximate surface area is 107 Å².